The largest absolute Gasteiger partial charge is 0.497 e. The number of alkyl halides is 3. The van der Waals surface area contributed by atoms with Gasteiger partial charge in [-0.25, -0.2) is 0 Å². The summed E-state index contributed by atoms with van der Waals surface area (Å²) in [7, 11) is 3.07. The molecule has 0 saturated heterocycles. The predicted octanol–water partition coefficient (Wildman–Crippen LogP) is 5.29. The summed E-state index contributed by atoms with van der Waals surface area (Å²) in [6.07, 6.45) is -2.55. The number of nitrogens with one attached hydrogen (secondary N) is 1. The molecule has 152 valence electrons. The second-order valence-electron chi connectivity index (χ2n) is 7.14. The maximum atomic E-state index is 13.0. The molecule has 0 radical (unpaired) electrons. The number of carbonyl (C=O) groups excluding carboxylic acids is 1. The maximum absolute atomic E-state index is 13.0. The Kier molecular flexibility index (Phi) is 4.76. The zero-order valence-electron chi connectivity index (χ0n) is 16.0. The van der Waals surface area contributed by atoms with Crippen molar-refractivity contribution in [1.82, 2.24) is 0 Å². The smallest absolute Gasteiger partial charge is 0.416 e. The van der Waals surface area contributed by atoms with Gasteiger partial charge in [-0.05, 0) is 30.5 Å². The molecule has 1 aliphatic carbocycles. The van der Waals surface area contributed by atoms with Crippen LogP contribution in [-0.2, 0) is 11.0 Å². The van der Waals surface area contributed by atoms with Gasteiger partial charge in [0.1, 0.15) is 11.5 Å². The van der Waals surface area contributed by atoms with Gasteiger partial charge in [0.25, 0.3) is 0 Å². The fraction of sp³-hybridized carbons (Fsp3) is 0.318. The molecule has 4 rings (SSSR count). The summed E-state index contributed by atoms with van der Waals surface area (Å²) in [4.78, 5) is 12.8. The molecule has 1 atom stereocenters. The minimum atomic E-state index is -4.42. The van der Waals surface area contributed by atoms with Gasteiger partial charge in [0.15, 0.2) is 5.78 Å². The Morgan fingerprint density at radius 2 is 1.76 bits per heavy atom. The van der Waals surface area contributed by atoms with E-state index < -0.39 is 17.7 Å². The second-order valence-corrected chi connectivity index (χ2v) is 7.14. The fourth-order valence-electron chi connectivity index (χ4n) is 4.12. The first-order chi connectivity index (χ1) is 13.8. The number of allylic oxidation sites excluding steroid dienone is 2. The summed E-state index contributed by atoms with van der Waals surface area (Å²) >= 11 is 0. The van der Waals surface area contributed by atoms with E-state index in [1.165, 1.54) is 19.2 Å². The molecule has 1 N–H and O–H groups in total. The van der Waals surface area contributed by atoms with Crippen LogP contribution in [0.3, 0.4) is 0 Å². The molecule has 1 aliphatic heterocycles. The van der Waals surface area contributed by atoms with Crippen molar-refractivity contribution in [3.63, 3.8) is 0 Å². The maximum Gasteiger partial charge on any atom is 0.416 e. The zero-order chi connectivity index (χ0) is 20.8. The van der Waals surface area contributed by atoms with Crippen molar-refractivity contribution in [2.75, 3.05) is 19.5 Å². The van der Waals surface area contributed by atoms with Crippen molar-refractivity contribution in [2.45, 2.75) is 31.4 Å². The normalized spacial score (nSPS) is 18.7. The average Bonchev–Trinajstić information content (AvgIpc) is 2.71. The van der Waals surface area contributed by atoms with Gasteiger partial charge in [0.2, 0.25) is 0 Å². The van der Waals surface area contributed by atoms with Crippen molar-refractivity contribution >= 4 is 11.5 Å². The molecule has 1 heterocycles. The Balaban J connectivity index is 1.92. The minimum absolute atomic E-state index is 0.00664. The number of carbonyl (C=O) groups is 1. The van der Waals surface area contributed by atoms with Crippen LogP contribution in [-0.4, -0.2) is 20.0 Å². The monoisotopic (exact) mass is 403 g/mol. The molecule has 2 aliphatic rings. The molecular formula is C22H20F3NO3. The van der Waals surface area contributed by atoms with E-state index in [2.05, 4.69) is 5.32 Å². The number of halogens is 3. The van der Waals surface area contributed by atoms with E-state index in [4.69, 9.17) is 9.47 Å². The highest BCUT2D eigenvalue weighted by Gasteiger charge is 2.38. The van der Waals surface area contributed by atoms with Gasteiger partial charge in [-0.3, -0.25) is 4.79 Å². The van der Waals surface area contributed by atoms with E-state index in [1.54, 1.807) is 13.2 Å². The SMILES string of the molecule is COc1cc2c(c(OC)c1)[C@H](c1ccc(C(F)(F)F)cc1)C1=C(CCCC1=O)N2. The molecule has 2 aromatic rings. The van der Waals surface area contributed by atoms with E-state index in [-0.39, 0.29) is 5.78 Å². The van der Waals surface area contributed by atoms with E-state index in [0.29, 0.717) is 35.5 Å². The minimum Gasteiger partial charge on any atom is -0.497 e. The summed E-state index contributed by atoms with van der Waals surface area (Å²) in [5, 5.41) is 3.33. The summed E-state index contributed by atoms with van der Waals surface area (Å²) < 4.78 is 50.0. The lowest BCUT2D eigenvalue weighted by Crippen LogP contribution is -2.27. The number of benzene rings is 2. The van der Waals surface area contributed by atoms with Gasteiger partial charge in [-0.2, -0.15) is 13.2 Å². The highest BCUT2D eigenvalue weighted by molar-refractivity contribution is 6.01. The van der Waals surface area contributed by atoms with Crippen molar-refractivity contribution in [3.05, 3.63) is 64.4 Å². The number of anilines is 1. The van der Waals surface area contributed by atoms with E-state index >= 15 is 0 Å². The number of methoxy groups -OCH3 is 2. The quantitative estimate of drug-likeness (QED) is 0.757. The van der Waals surface area contributed by atoms with E-state index in [1.807, 2.05) is 6.07 Å². The van der Waals surface area contributed by atoms with Gasteiger partial charge >= 0.3 is 6.18 Å². The van der Waals surface area contributed by atoms with Crippen molar-refractivity contribution in [2.24, 2.45) is 0 Å². The molecule has 0 unspecified atom stereocenters. The highest BCUT2D eigenvalue weighted by Crippen LogP contribution is 2.50. The van der Waals surface area contributed by atoms with Gasteiger partial charge in [-0.15, -0.1) is 0 Å². The van der Waals surface area contributed by atoms with Gasteiger partial charge < -0.3 is 14.8 Å². The number of ether oxygens (including phenoxy) is 2. The highest BCUT2D eigenvalue weighted by atomic mass is 19.4. The van der Waals surface area contributed by atoms with Crippen molar-refractivity contribution < 1.29 is 27.4 Å². The molecule has 0 bridgehead atoms. The molecule has 2 aromatic carbocycles. The van der Waals surface area contributed by atoms with Crippen molar-refractivity contribution in [3.8, 4) is 11.5 Å². The van der Waals surface area contributed by atoms with Crippen molar-refractivity contribution in [1.29, 1.82) is 0 Å². The van der Waals surface area contributed by atoms with Crippen LogP contribution < -0.4 is 14.8 Å². The first kappa shape index (κ1) is 19.4. The number of rotatable bonds is 3. The number of fused-ring (bicyclic) bond motifs is 1. The Morgan fingerprint density at radius 3 is 2.38 bits per heavy atom. The van der Waals surface area contributed by atoms with E-state index in [0.717, 1.165) is 35.5 Å². The Bertz CT molecular complexity index is 994. The summed E-state index contributed by atoms with van der Waals surface area (Å²) in [5.74, 6) is 0.608. The van der Waals surface area contributed by atoms with Gasteiger partial charge in [-0.1, -0.05) is 12.1 Å². The lowest BCUT2D eigenvalue weighted by Gasteiger charge is -2.35. The molecule has 29 heavy (non-hydrogen) atoms. The Morgan fingerprint density at radius 1 is 1.03 bits per heavy atom. The van der Waals surface area contributed by atoms with Gasteiger partial charge in [0.05, 0.1) is 19.8 Å². The second kappa shape index (κ2) is 7.13. The third-order valence-electron chi connectivity index (χ3n) is 5.46. The molecule has 4 nitrogen and oxygen atoms in total. The number of Topliss-reactive ketones (excluding diaryl/α,β-unsaturated/α-hetero) is 1. The Labute approximate surface area is 166 Å². The number of ketones is 1. The fourth-order valence-corrected chi connectivity index (χ4v) is 4.12. The summed E-state index contributed by atoms with van der Waals surface area (Å²) in [5.41, 5.74) is 2.77. The Hall–Kier alpha value is -2.96. The van der Waals surface area contributed by atoms with Crippen LogP contribution >= 0.6 is 0 Å². The zero-order valence-corrected chi connectivity index (χ0v) is 16.0. The topological polar surface area (TPSA) is 47.6 Å². The lowest BCUT2D eigenvalue weighted by molar-refractivity contribution is -0.137. The third kappa shape index (κ3) is 3.34. The molecule has 0 saturated carbocycles. The average molecular weight is 403 g/mol. The molecule has 0 spiro atoms. The first-order valence-corrected chi connectivity index (χ1v) is 9.30. The van der Waals surface area contributed by atoms with E-state index in [9.17, 15) is 18.0 Å². The van der Waals surface area contributed by atoms with Crippen LogP contribution in [0.2, 0.25) is 0 Å². The molecule has 0 amide bonds. The van der Waals surface area contributed by atoms with Crippen LogP contribution in [0.15, 0.2) is 47.7 Å². The molecule has 0 aromatic heterocycles. The molecule has 7 heteroatoms. The lowest BCUT2D eigenvalue weighted by atomic mass is 9.75. The van der Waals surface area contributed by atoms with Gasteiger partial charge in [0, 0.05) is 47.0 Å². The summed E-state index contributed by atoms with van der Waals surface area (Å²) in [6, 6.07) is 8.53. The number of hydrogen-bond donors (Lipinski definition) is 1. The van der Waals surface area contributed by atoms with Crippen LogP contribution in [0.5, 0.6) is 11.5 Å². The van der Waals surface area contributed by atoms with Crippen LogP contribution in [0, 0.1) is 0 Å². The standard InChI is InChI=1S/C22H20F3NO3/c1-28-14-10-16-21(18(11-14)29-2)19(20-15(26-16)4-3-5-17(20)27)12-6-8-13(9-7-12)22(23,24)25/h6-11,19,26H,3-5H2,1-2H3/t19-/m1/s1. The van der Waals surface area contributed by atoms with Crippen LogP contribution in [0.1, 0.15) is 41.9 Å². The molecule has 0 fully saturated rings. The third-order valence-corrected chi connectivity index (χ3v) is 5.46. The predicted molar refractivity (Wildman–Crippen MR) is 102 cm³/mol. The van der Waals surface area contributed by atoms with Crippen LogP contribution in [0.4, 0.5) is 18.9 Å². The summed E-state index contributed by atoms with van der Waals surface area (Å²) in [6.45, 7) is 0. The molecular weight excluding hydrogens is 383 g/mol. The first-order valence-electron chi connectivity index (χ1n) is 9.30. The number of hydrogen-bond acceptors (Lipinski definition) is 4. The van der Waals surface area contributed by atoms with Crippen LogP contribution in [0.25, 0.3) is 0 Å².